The molecule has 242 valence electrons. The van der Waals surface area contributed by atoms with E-state index in [1.165, 1.54) is 6.07 Å². The number of hydrogen-bond donors (Lipinski definition) is 2. The Bertz CT molecular complexity index is 1760. The summed E-state index contributed by atoms with van der Waals surface area (Å²) in [5.74, 6) is 0.278. The Kier molecular flexibility index (Phi) is 8.75. The summed E-state index contributed by atoms with van der Waals surface area (Å²) in [7, 11) is 2.01. The highest BCUT2D eigenvalue weighted by Gasteiger charge is 2.35. The lowest BCUT2D eigenvalue weighted by molar-refractivity contribution is -0.138. The van der Waals surface area contributed by atoms with Crippen molar-refractivity contribution in [1.82, 2.24) is 24.7 Å². The van der Waals surface area contributed by atoms with Gasteiger partial charge in [0.25, 0.3) is 5.91 Å². The monoisotopic (exact) mass is 634 g/mol. The number of hydrogen-bond acceptors (Lipinski definition) is 6. The van der Waals surface area contributed by atoms with Gasteiger partial charge in [-0.2, -0.15) is 13.2 Å². The summed E-state index contributed by atoms with van der Waals surface area (Å²) in [6, 6.07) is 13.4. The average molecular weight is 635 g/mol. The fourth-order valence-electron chi connectivity index (χ4n) is 6.37. The predicted molar refractivity (Wildman–Crippen MR) is 167 cm³/mol. The second-order valence-electron chi connectivity index (χ2n) is 12.2. The summed E-state index contributed by atoms with van der Waals surface area (Å²) in [5, 5.41) is 0.602. The molecule has 0 radical (unpaired) electrons. The molecule has 4 heterocycles. The number of fused-ring (bicyclic) bond motifs is 2. The number of nitrogens with two attached hydrogens (primary N) is 1. The van der Waals surface area contributed by atoms with Gasteiger partial charge in [0.15, 0.2) is 0 Å². The summed E-state index contributed by atoms with van der Waals surface area (Å²) in [6.45, 7) is 6.14. The minimum atomic E-state index is -4.52. The number of pyridine rings is 1. The van der Waals surface area contributed by atoms with Crippen molar-refractivity contribution in [2.24, 2.45) is 5.73 Å². The molecule has 1 fully saturated rings. The van der Waals surface area contributed by atoms with Crippen molar-refractivity contribution in [2.75, 3.05) is 39.8 Å². The predicted octanol–water partition coefficient (Wildman–Crippen LogP) is 5.30. The zero-order valence-electron chi connectivity index (χ0n) is 25.9. The second kappa shape index (κ2) is 12.8. The first kappa shape index (κ1) is 31.6. The van der Waals surface area contributed by atoms with E-state index >= 15 is 0 Å². The third-order valence-corrected chi connectivity index (χ3v) is 9.01. The third-order valence-electron chi connectivity index (χ3n) is 9.01. The lowest BCUT2D eigenvalue weighted by Gasteiger charge is -2.35. The molecule has 0 unspecified atom stereocenters. The Morgan fingerprint density at radius 1 is 1.07 bits per heavy atom. The van der Waals surface area contributed by atoms with Gasteiger partial charge in [-0.3, -0.25) is 14.5 Å². The fourth-order valence-corrected chi connectivity index (χ4v) is 6.37. The SMILES string of the molecule is CC[C@H]1CN(C(=O)Cc2ccc(CN3CCN(C)CC3)c(C(F)(F)F)c2)Cc2cc(Oc3ccnc4[nH]c(C(N)=O)cc34)ccc21. The number of aromatic amines is 1. The molecule has 2 aliphatic heterocycles. The van der Waals surface area contributed by atoms with Gasteiger partial charge >= 0.3 is 6.18 Å². The lowest BCUT2D eigenvalue weighted by Crippen LogP contribution is -2.44. The van der Waals surface area contributed by atoms with Gasteiger partial charge < -0.3 is 25.3 Å². The molecule has 0 bridgehead atoms. The smallest absolute Gasteiger partial charge is 0.416 e. The topological polar surface area (TPSA) is 108 Å². The number of piperazine rings is 1. The van der Waals surface area contributed by atoms with Gasteiger partial charge in [-0.15, -0.1) is 0 Å². The van der Waals surface area contributed by atoms with Gasteiger partial charge in [-0.25, -0.2) is 4.98 Å². The quantitative estimate of drug-likeness (QED) is 0.273. The molecule has 0 spiro atoms. The molecular formula is C34H37F3N6O3. The standard InChI is InChI=1S/C34H37F3N6O3/c1-3-22-19-43(31(44)15-21-4-5-23(28(14-21)34(35,36)37)18-42-12-10-41(2)11-13-42)20-24-16-25(6-7-26(22)24)46-30-8-9-39-33-27(30)17-29(40-33)32(38)45/h4-9,14,16-17,22H,3,10-13,15,18-20H2,1-2H3,(H2,38,45)(H,39,40)/t22-/m0/s1. The van der Waals surface area contributed by atoms with Crippen LogP contribution in [0, 0.1) is 0 Å². The molecule has 2 aliphatic rings. The number of likely N-dealkylation sites (N-methyl/N-ethyl adjacent to an activating group) is 1. The molecule has 2 aromatic heterocycles. The van der Waals surface area contributed by atoms with Crippen LogP contribution in [0.2, 0.25) is 0 Å². The number of alkyl halides is 3. The molecule has 2 amide bonds. The highest BCUT2D eigenvalue weighted by atomic mass is 19.4. The van der Waals surface area contributed by atoms with E-state index in [1.807, 2.05) is 30.1 Å². The first-order chi connectivity index (χ1) is 22.0. The van der Waals surface area contributed by atoms with E-state index < -0.39 is 17.6 Å². The number of halogens is 3. The number of nitrogens with zero attached hydrogens (tertiary/aromatic N) is 4. The van der Waals surface area contributed by atoms with Crippen molar-refractivity contribution in [3.63, 3.8) is 0 Å². The lowest BCUT2D eigenvalue weighted by atomic mass is 9.87. The van der Waals surface area contributed by atoms with Crippen molar-refractivity contribution >= 4 is 22.8 Å². The molecule has 4 aromatic rings. The fraction of sp³-hybridized carbons (Fsp3) is 0.382. The first-order valence-corrected chi connectivity index (χ1v) is 15.4. The van der Waals surface area contributed by atoms with Crippen LogP contribution in [-0.4, -0.2) is 76.3 Å². The van der Waals surface area contributed by atoms with Gasteiger partial charge in [0.2, 0.25) is 5.91 Å². The maximum Gasteiger partial charge on any atom is 0.416 e. The van der Waals surface area contributed by atoms with Crippen LogP contribution >= 0.6 is 0 Å². The van der Waals surface area contributed by atoms with Gasteiger partial charge in [0, 0.05) is 57.9 Å². The highest BCUT2D eigenvalue weighted by Crippen LogP contribution is 2.37. The molecule has 2 aromatic carbocycles. The van der Waals surface area contributed by atoms with E-state index in [-0.39, 0.29) is 36.0 Å². The number of nitrogens with one attached hydrogen (secondary N) is 1. The van der Waals surface area contributed by atoms with Crippen molar-refractivity contribution in [3.8, 4) is 11.5 Å². The Hall–Kier alpha value is -4.42. The minimum absolute atomic E-state index is 0.0777. The molecule has 6 rings (SSSR count). The van der Waals surface area contributed by atoms with E-state index in [0.717, 1.165) is 36.7 Å². The molecule has 0 saturated carbocycles. The number of carbonyl (C=O) groups excluding carboxylic acids is 2. The summed E-state index contributed by atoms with van der Waals surface area (Å²) in [4.78, 5) is 38.3. The number of ether oxygens (including phenoxy) is 1. The average Bonchev–Trinajstić information content (AvgIpc) is 3.48. The number of benzene rings is 2. The summed E-state index contributed by atoms with van der Waals surface area (Å²) < 4.78 is 48.7. The summed E-state index contributed by atoms with van der Waals surface area (Å²) >= 11 is 0. The Morgan fingerprint density at radius 2 is 1.85 bits per heavy atom. The molecule has 0 aliphatic carbocycles. The Morgan fingerprint density at radius 3 is 2.57 bits per heavy atom. The van der Waals surface area contributed by atoms with Crippen LogP contribution in [0.15, 0.2) is 54.7 Å². The number of primary amides is 1. The molecular weight excluding hydrogens is 597 g/mol. The van der Waals surface area contributed by atoms with Crippen LogP contribution in [0.25, 0.3) is 11.0 Å². The molecule has 46 heavy (non-hydrogen) atoms. The van der Waals surface area contributed by atoms with Crippen molar-refractivity contribution in [3.05, 3.63) is 88.2 Å². The Balaban J connectivity index is 1.19. The molecule has 1 atom stereocenters. The molecule has 9 nitrogen and oxygen atoms in total. The number of rotatable bonds is 8. The van der Waals surface area contributed by atoms with E-state index in [9.17, 15) is 22.8 Å². The zero-order valence-corrected chi connectivity index (χ0v) is 25.9. The second-order valence-corrected chi connectivity index (χ2v) is 12.2. The van der Waals surface area contributed by atoms with E-state index in [0.29, 0.717) is 54.3 Å². The van der Waals surface area contributed by atoms with Crippen molar-refractivity contribution < 1.29 is 27.5 Å². The van der Waals surface area contributed by atoms with Crippen molar-refractivity contribution in [2.45, 2.75) is 44.9 Å². The van der Waals surface area contributed by atoms with E-state index in [1.54, 1.807) is 29.3 Å². The summed E-state index contributed by atoms with van der Waals surface area (Å²) in [5.41, 5.74) is 8.03. The van der Waals surface area contributed by atoms with E-state index in [2.05, 4.69) is 21.8 Å². The van der Waals surface area contributed by atoms with Crippen LogP contribution in [0.5, 0.6) is 11.5 Å². The van der Waals surface area contributed by atoms with Crippen LogP contribution in [0.3, 0.4) is 0 Å². The normalized spacial score (nSPS) is 17.7. The van der Waals surface area contributed by atoms with Crippen LogP contribution < -0.4 is 10.5 Å². The zero-order chi connectivity index (χ0) is 32.6. The van der Waals surface area contributed by atoms with Crippen LogP contribution in [-0.2, 0) is 30.5 Å². The van der Waals surface area contributed by atoms with Gasteiger partial charge in [0.1, 0.15) is 22.8 Å². The number of H-pyrrole nitrogens is 1. The maximum atomic E-state index is 14.2. The molecule has 12 heteroatoms. The van der Waals surface area contributed by atoms with E-state index in [4.69, 9.17) is 10.5 Å². The van der Waals surface area contributed by atoms with Crippen LogP contribution in [0.4, 0.5) is 13.2 Å². The molecule has 3 N–H and O–H groups in total. The maximum absolute atomic E-state index is 14.2. The first-order valence-electron chi connectivity index (χ1n) is 15.4. The third kappa shape index (κ3) is 6.73. The summed E-state index contributed by atoms with van der Waals surface area (Å²) in [6.07, 6.45) is -2.28. The number of carbonyl (C=O) groups is 2. The van der Waals surface area contributed by atoms with Gasteiger partial charge in [0.05, 0.1) is 17.4 Å². The Labute approximate surface area is 265 Å². The minimum Gasteiger partial charge on any atom is -0.457 e. The van der Waals surface area contributed by atoms with Gasteiger partial charge in [-0.1, -0.05) is 25.1 Å². The molecule has 1 saturated heterocycles. The highest BCUT2D eigenvalue weighted by molar-refractivity contribution is 5.97. The van der Waals surface area contributed by atoms with Gasteiger partial charge in [-0.05, 0) is 66.1 Å². The largest absolute Gasteiger partial charge is 0.457 e. The van der Waals surface area contributed by atoms with Crippen molar-refractivity contribution in [1.29, 1.82) is 0 Å². The van der Waals surface area contributed by atoms with Crippen LogP contribution in [0.1, 0.15) is 57.6 Å². The number of aromatic nitrogens is 2. The number of amides is 2.